The predicted molar refractivity (Wildman–Crippen MR) is 88.1 cm³/mol. The highest BCUT2D eigenvalue weighted by atomic mass is 35.5. The van der Waals surface area contributed by atoms with Gasteiger partial charge >= 0.3 is 0 Å². The zero-order valence-electron chi connectivity index (χ0n) is 11.6. The molecule has 0 spiro atoms. The molecule has 0 bridgehead atoms. The van der Waals surface area contributed by atoms with Gasteiger partial charge in [0.2, 0.25) is 5.55 Å². The van der Waals surface area contributed by atoms with Crippen molar-refractivity contribution in [3.8, 4) is 5.75 Å². The van der Waals surface area contributed by atoms with Gasteiger partial charge in [0.25, 0.3) is 5.91 Å². The van der Waals surface area contributed by atoms with Crippen molar-refractivity contribution in [3.05, 3.63) is 63.6 Å². The Hall–Kier alpha value is -2.50. The number of carbonyl (C=O) groups excluding carboxylic acids is 1. The molecule has 1 aromatic heterocycles. The molecule has 0 aliphatic heterocycles. The van der Waals surface area contributed by atoms with E-state index >= 15 is 0 Å². The zero-order chi connectivity index (χ0) is 16.6. The number of nitrogens with zero attached hydrogens (tertiary/aromatic N) is 1. The summed E-state index contributed by atoms with van der Waals surface area (Å²) in [5, 5.41) is 10.9. The summed E-state index contributed by atoms with van der Waals surface area (Å²) in [5.41, 5.74) is 6.23. The van der Waals surface area contributed by atoms with Gasteiger partial charge in [-0.3, -0.25) is 4.79 Å². The summed E-state index contributed by atoms with van der Waals surface area (Å²) in [7, 11) is 0. The number of fused-ring (bicyclic) bond motifs is 1. The Bertz CT molecular complexity index is 996. The Kier molecular flexibility index (Phi) is 3.98. The van der Waals surface area contributed by atoms with Gasteiger partial charge in [0, 0.05) is 16.5 Å². The lowest BCUT2D eigenvalue weighted by atomic mass is 10.1. The largest absolute Gasteiger partial charge is 0.508 e. The van der Waals surface area contributed by atoms with E-state index in [1.54, 1.807) is 24.3 Å². The van der Waals surface area contributed by atoms with Crippen LogP contribution in [0.4, 0.5) is 5.69 Å². The predicted octanol–water partition coefficient (Wildman–Crippen LogP) is 3.78. The second-order valence-corrected chi connectivity index (χ2v) is 5.60. The molecule has 0 fully saturated rings. The number of amides is 1. The highest BCUT2D eigenvalue weighted by Gasteiger charge is 2.10. The third-order valence-electron chi connectivity index (χ3n) is 3.13. The van der Waals surface area contributed by atoms with E-state index in [1.165, 1.54) is 18.2 Å². The molecule has 0 aliphatic carbocycles. The highest BCUT2D eigenvalue weighted by Crippen LogP contribution is 2.27. The quantitative estimate of drug-likeness (QED) is 0.738. The van der Waals surface area contributed by atoms with E-state index in [2.05, 4.69) is 4.99 Å². The van der Waals surface area contributed by atoms with Gasteiger partial charge in [-0.2, -0.15) is 0 Å². The smallest absolute Gasteiger partial charge is 0.254 e. The number of carbonyl (C=O) groups is 1. The molecule has 3 N–H and O–H groups in total. The molecule has 7 heteroatoms. The van der Waals surface area contributed by atoms with E-state index in [0.717, 1.165) is 0 Å². The van der Waals surface area contributed by atoms with Crippen LogP contribution in [-0.2, 0) is 0 Å². The number of hydrogen-bond donors (Lipinski definition) is 2. The SMILES string of the molecule is NC(=O)c1cc2ccc(O)cc2oc1=Nc1ccc(Cl)cc1Cl. The van der Waals surface area contributed by atoms with Crippen LogP contribution in [0.25, 0.3) is 11.0 Å². The first-order valence-electron chi connectivity index (χ1n) is 6.50. The standard InChI is InChI=1S/C16H10Cl2N2O3/c17-9-2-4-13(12(18)6-9)20-16-11(15(19)22)5-8-1-3-10(21)7-14(8)23-16/h1-7,21H,(H2,19,22). The van der Waals surface area contributed by atoms with Crippen LogP contribution in [0.15, 0.2) is 51.9 Å². The minimum atomic E-state index is -0.687. The van der Waals surface area contributed by atoms with E-state index in [-0.39, 0.29) is 16.9 Å². The number of phenolic OH excluding ortho intramolecular Hbond substituents is 1. The Balaban J connectivity index is 2.31. The average Bonchev–Trinajstić information content (AvgIpc) is 2.49. The molecular formula is C16H10Cl2N2O3. The van der Waals surface area contributed by atoms with E-state index in [0.29, 0.717) is 26.7 Å². The topological polar surface area (TPSA) is 88.8 Å². The average molecular weight is 349 g/mol. The van der Waals surface area contributed by atoms with Gasteiger partial charge < -0.3 is 15.3 Å². The second-order valence-electron chi connectivity index (χ2n) is 4.76. The van der Waals surface area contributed by atoms with E-state index < -0.39 is 5.91 Å². The number of nitrogens with two attached hydrogens (primary N) is 1. The fraction of sp³-hybridized carbons (Fsp3) is 0. The molecule has 0 atom stereocenters. The molecule has 1 heterocycles. The van der Waals surface area contributed by atoms with Gasteiger partial charge in [0.15, 0.2) is 0 Å². The molecule has 116 valence electrons. The van der Waals surface area contributed by atoms with Crippen LogP contribution in [0.3, 0.4) is 0 Å². The first kappa shape index (κ1) is 15.4. The molecule has 23 heavy (non-hydrogen) atoms. The van der Waals surface area contributed by atoms with Gasteiger partial charge in [-0.25, -0.2) is 4.99 Å². The lowest BCUT2D eigenvalue weighted by Gasteiger charge is -2.03. The van der Waals surface area contributed by atoms with Crippen LogP contribution in [0.1, 0.15) is 10.4 Å². The lowest BCUT2D eigenvalue weighted by molar-refractivity contribution is 0.0996. The molecule has 3 rings (SSSR count). The van der Waals surface area contributed by atoms with Crippen molar-refractivity contribution < 1.29 is 14.3 Å². The van der Waals surface area contributed by atoms with E-state index in [4.69, 9.17) is 33.4 Å². The van der Waals surface area contributed by atoms with Crippen molar-refractivity contribution in [2.45, 2.75) is 0 Å². The molecule has 0 aliphatic rings. The summed E-state index contributed by atoms with van der Waals surface area (Å²) >= 11 is 11.9. The minimum absolute atomic E-state index is 0.000164. The summed E-state index contributed by atoms with van der Waals surface area (Å²) in [6, 6.07) is 10.8. The van der Waals surface area contributed by atoms with Crippen molar-refractivity contribution in [3.63, 3.8) is 0 Å². The van der Waals surface area contributed by atoms with Crippen molar-refractivity contribution >= 4 is 45.8 Å². The Morgan fingerprint density at radius 1 is 1.13 bits per heavy atom. The van der Waals surface area contributed by atoms with Crippen LogP contribution in [0.5, 0.6) is 5.75 Å². The first-order chi connectivity index (χ1) is 10.9. The normalized spacial score (nSPS) is 11.8. The van der Waals surface area contributed by atoms with Gasteiger partial charge in [-0.1, -0.05) is 23.2 Å². The Morgan fingerprint density at radius 2 is 1.91 bits per heavy atom. The maximum absolute atomic E-state index is 11.7. The maximum atomic E-state index is 11.7. The van der Waals surface area contributed by atoms with Crippen LogP contribution in [0.2, 0.25) is 10.0 Å². The fourth-order valence-corrected chi connectivity index (χ4v) is 2.50. The summed E-state index contributed by atoms with van der Waals surface area (Å²) in [6.45, 7) is 0. The minimum Gasteiger partial charge on any atom is -0.508 e. The van der Waals surface area contributed by atoms with Gasteiger partial charge in [-0.05, 0) is 36.4 Å². The van der Waals surface area contributed by atoms with Crippen LogP contribution in [0, 0.1) is 0 Å². The third-order valence-corrected chi connectivity index (χ3v) is 3.67. The summed E-state index contributed by atoms with van der Waals surface area (Å²) < 4.78 is 5.61. The molecule has 5 nitrogen and oxygen atoms in total. The van der Waals surface area contributed by atoms with Crippen LogP contribution in [-0.4, -0.2) is 11.0 Å². The maximum Gasteiger partial charge on any atom is 0.254 e. The summed E-state index contributed by atoms with van der Waals surface area (Å²) in [4.78, 5) is 15.9. The monoisotopic (exact) mass is 348 g/mol. The van der Waals surface area contributed by atoms with Gasteiger partial charge in [0.1, 0.15) is 16.9 Å². The molecule has 2 aromatic carbocycles. The molecule has 0 radical (unpaired) electrons. The lowest BCUT2D eigenvalue weighted by Crippen LogP contribution is -2.21. The van der Waals surface area contributed by atoms with E-state index in [1.807, 2.05) is 0 Å². The van der Waals surface area contributed by atoms with Crippen LogP contribution >= 0.6 is 23.2 Å². The Labute approximate surface area is 140 Å². The van der Waals surface area contributed by atoms with Crippen molar-refractivity contribution in [2.24, 2.45) is 10.7 Å². The van der Waals surface area contributed by atoms with Crippen molar-refractivity contribution in [1.29, 1.82) is 0 Å². The molecule has 1 amide bonds. The second kappa shape index (κ2) is 5.95. The summed E-state index contributed by atoms with van der Waals surface area (Å²) in [6.07, 6.45) is 0. The van der Waals surface area contributed by atoms with Gasteiger partial charge in [0.05, 0.1) is 10.7 Å². The van der Waals surface area contributed by atoms with Crippen molar-refractivity contribution in [1.82, 2.24) is 0 Å². The number of hydrogen-bond acceptors (Lipinski definition) is 4. The number of rotatable bonds is 2. The number of primary amides is 1. The number of halogens is 2. The first-order valence-corrected chi connectivity index (χ1v) is 7.26. The molecule has 3 aromatic rings. The molecule has 0 saturated heterocycles. The fourth-order valence-electron chi connectivity index (χ4n) is 2.05. The third kappa shape index (κ3) is 3.16. The highest BCUT2D eigenvalue weighted by molar-refractivity contribution is 6.36. The molecule has 0 saturated carbocycles. The molecule has 0 unspecified atom stereocenters. The van der Waals surface area contributed by atoms with Gasteiger partial charge in [-0.15, -0.1) is 0 Å². The Morgan fingerprint density at radius 3 is 2.61 bits per heavy atom. The number of aromatic hydroxyl groups is 1. The van der Waals surface area contributed by atoms with E-state index in [9.17, 15) is 9.90 Å². The summed E-state index contributed by atoms with van der Waals surface area (Å²) in [5.74, 6) is -0.656. The van der Waals surface area contributed by atoms with Crippen molar-refractivity contribution in [2.75, 3.05) is 0 Å². The molecular weight excluding hydrogens is 339 g/mol. The number of benzene rings is 2. The zero-order valence-corrected chi connectivity index (χ0v) is 13.1. The van der Waals surface area contributed by atoms with Crippen LogP contribution < -0.4 is 11.3 Å². The number of phenols is 1.